The summed E-state index contributed by atoms with van der Waals surface area (Å²) in [6, 6.07) is 0. The molecule has 0 N–H and O–H groups in total. The van der Waals surface area contributed by atoms with Crippen LogP contribution in [-0.2, 0) is 26.6 Å². The zero-order valence-electron chi connectivity index (χ0n) is 3.01. The molecule has 0 fully saturated rings. The SMILES string of the molecule is C1=COOC1.[Co]. The van der Waals surface area contributed by atoms with E-state index < -0.39 is 0 Å². The summed E-state index contributed by atoms with van der Waals surface area (Å²) in [5, 5.41) is 0. The van der Waals surface area contributed by atoms with Crippen LogP contribution in [0, 0.1) is 0 Å². The van der Waals surface area contributed by atoms with Crippen LogP contribution in [0.5, 0.6) is 0 Å². The normalized spacial score (nSPS) is 16.0. The molecule has 0 saturated carbocycles. The topological polar surface area (TPSA) is 18.5 Å². The standard InChI is InChI=1S/C3H4O2.Co/c1-2-4-5-3-1;/h1-2H,3H2;. The van der Waals surface area contributed by atoms with Crippen LogP contribution in [0.2, 0.25) is 0 Å². The molecule has 0 aromatic heterocycles. The van der Waals surface area contributed by atoms with E-state index in [0.29, 0.717) is 6.61 Å². The van der Waals surface area contributed by atoms with Gasteiger partial charge in [-0.3, -0.25) is 0 Å². The van der Waals surface area contributed by atoms with Crippen LogP contribution in [0.3, 0.4) is 0 Å². The maximum Gasteiger partial charge on any atom is 0.128 e. The van der Waals surface area contributed by atoms with Crippen molar-refractivity contribution in [3.8, 4) is 0 Å². The third kappa shape index (κ3) is 1.44. The van der Waals surface area contributed by atoms with Gasteiger partial charge in [-0.05, 0) is 6.08 Å². The van der Waals surface area contributed by atoms with Crippen molar-refractivity contribution in [1.29, 1.82) is 0 Å². The van der Waals surface area contributed by atoms with Gasteiger partial charge in [-0.15, -0.1) is 0 Å². The van der Waals surface area contributed by atoms with Crippen molar-refractivity contribution in [2.45, 2.75) is 0 Å². The molecule has 0 aromatic carbocycles. The Morgan fingerprint density at radius 2 is 2.33 bits per heavy atom. The van der Waals surface area contributed by atoms with Gasteiger partial charge in [0.2, 0.25) is 0 Å². The van der Waals surface area contributed by atoms with Gasteiger partial charge in [0, 0.05) is 16.8 Å². The first-order chi connectivity index (χ1) is 2.50. The predicted molar refractivity (Wildman–Crippen MR) is 16.2 cm³/mol. The Bertz CT molecular complexity index is 46.8. The molecule has 0 bridgehead atoms. The summed E-state index contributed by atoms with van der Waals surface area (Å²) in [5.41, 5.74) is 0. The number of rotatable bonds is 0. The molecule has 1 aliphatic heterocycles. The second-order valence-corrected chi connectivity index (χ2v) is 0.753. The molecule has 0 aromatic rings. The summed E-state index contributed by atoms with van der Waals surface area (Å²) < 4.78 is 0. The monoisotopic (exact) mass is 131 g/mol. The molecule has 0 amide bonds. The van der Waals surface area contributed by atoms with Gasteiger partial charge in [0.05, 0.1) is 0 Å². The molecule has 0 unspecified atom stereocenters. The maximum absolute atomic E-state index is 4.33. The van der Waals surface area contributed by atoms with Gasteiger partial charge in [-0.2, -0.15) is 4.89 Å². The second-order valence-electron chi connectivity index (χ2n) is 0.753. The Kier molecular flexibility index (Phi) is 3.21. The van der Waals surface area contributed by atoms with E-state index in [9.17, 15) is 0 Å². The van der Waals surface area contributed by atoms with Gasteiger partial charge >= 0.3 is 0 Å². The van der Waals surface area contributed by atoms with Crippen LogP contribution >= 0.6 is 0 Å². The van der Waals surface area contributed by atoms with Gasteiger partial charge < -0.3 is 4.89 Å². The average molecular weight is 131 g/mol. The fraction of sp³-hybridized carbons (Fsp3) is 0.333. The molecular weight excluding hydrogens is 127 g/mol. The van der Waals surface area contributed by atoms with Crippen LogP contribution < -0.4 is 0 Å². The largest absolute Gasteiger partial charge is 0.345 e. The minimum absolute atomic E-state index is 0. The maximum atomic E-state index is 4.33. The van der Waals surface area contributed by atoms with Crippen molar-refractivity contribution < 1.29 is 26.6 Å². The third-order valence-corrected chi connectivity index (χ3v) is 0.384. The molecule has 2 nitrogen and oxygen atoms in total. The Labute approximate surface area is 46.3 Å². The van der Waals surface area contributed by atoms with Gasteiger partial charge in [0.1, 0.15) is 12.9 Å². The zero-order chi connectivity index (χ0) is 3.54. The quantitative estimate of drug-likeness (QED) is 0.444. The van der Waals surface area contributed by atoms with Crippen LogP contribution in [-0.4, -0.2) is 6.61 Å². The molecule has 0 aliphatic carbocycles. The Morgan fingerprint density at radius 1 is 1.50 bits per heavy atom. The van der Waals surface area contributed by atoms with Crippen molar-refractivity contribution in [1.82, 2.24) is 0 Å². The van der Waals surface area contributed by atoms with Crippen LogP contribution in [0.4, 0.5) is 0 Å². The second kappa shape index (κ2) is 3.21. The van der Waals surface area contributed by atoms with E-state index in [1.54, 1.807) is 6.08 Å². The molecule has 3 heteroatoms. The summed E-state index contributed by atoms with van der Waals surface area (Å²) >= 11 is 0. The first-order valence-corrected chi connectivity index (χ1v) is 1.43. The Balaban J connectivity index is 0.000000250. The molecule has 0 spiro atoms. The fourth-order valence-electron chi connectivity index (χ4n) is 0.196. The van der Waals surface area contributed by atoms with Crippen molar-refractivity contribution >= 4 is 0 Å². The van der Waals surface area contributed by atoms with E-state index in [1.165, 1.54) is 6.26 Å². The minimum atomic E-state index is 0. The van der Waals surface area contributed by atoms with Crippen molar-refractivity contribution in [3.63, 3.8) is 0 Å². The van der Waals surface area contributed by atoms with Crippen LogP contribution in [0.15, 0.2) is 12.3 Å². The van der Waals surface area contributed by atoms with Gasteiger partial charge in [-0.25, -0.2) is 0 Å². The van der Waals surface area contributed by atoms with Crippen molar-refractivity contribution in [2.24, 2.45) is 0 Å². The molecule has 1 radical (unpaired) electrons. The van der Waals surface area contributed by atoms with Crippen LogP contribution in [0.25, 0.3) is 0 Å². The van der Waals surface area contributed by atoms with E-state index in [0.717, 1.165) is 0 Å². The summed E-state index contributed by atoms with van der Waals surface area (Å²) in [7, 11) is 0. The van der Waals surface area contributed by atoms with Gasteiger partial charge in [0.15, 0.2) is 0 Å². The van der Waals surface area contributed by atoms with E-state index in [-0.39, 0.29) is 16.8 Å². The molecule has 37 valence electrons. The Morgan fingerprint density at radius 3 is 2.50 bits per heavy atom. The zero-order valence-corrected chi connectivity index (χ0v) is 4.05. The Hall–Kier alpha value is 0.00649. The molecular formula is C3H4CoO2. The summed E-state index contributed by atoms with van der Waals surface area (Å²) in [6.45, 7) is 0.597. The summed E-state index contributed by atoms with van der Waals surface area (Å²) in [6.07, 6.45) is 3.31. The molecule has 1 heterocycles. The number of hydrogen-bond donors (Lipinski definition) is 0. The smallest absolute Gasteiger partial charge is 0.128 e. The molecule has 6 heavy (non-hydrogen) atoms. The molecule has 0 saturated heterocycles. The van der Waals surface area contributed by atoms with Crippen molar-refractivity contribution in [2.75, 3.05) is 6.61 Å². The van der Waals surface area contributed by atoms with E-state index in [1.807, 2.05) is 0 Å². The van der Waals surface area contributed by atoms with Gasteiger partial charge in [-0.1, -0.05) is 0 Å². The summed E-state index contributed by atoms with van der Waals surface area (Å²) in [4.78, 5) is 8.60. The molecule has 1 rings (SSSR count). The van der Waals surface area contributed by atoms with Crippen LogP contribution in [0.1, 0.15) is 0 Å². The van der Waals surface area contributed by atoms with Gasteiger partial charge in [0.25, 0.3) is 0 Å². The number of hydrogen-bond acceptors (Lipinski definition) is 2. The average Bonchev–Trinajstić information content (AvgIpc) is 1.76. The third-order valence-electron chi connectivity index (χ3n) is 0.384. The predicted octanol–water partition coefficient (Wildman–Crippen LogP) is 0.459. The molecule has 0 atom stereocenters. The minimum Gasteiger partial charge on any atom is -0.345 e. The van der Waals surface area contributed by atoms with E-state index in [2.05, 4.69) is 9.78 Å². The van der Waals surface area contributed by atoms with Crippen molar-refractivity contribution in [3.05, 3.63) is 12.3 Å². The van der Waals surface area contributed by atoms with E-state index >= 15 is 0 Å². The fourth-order valence-corrected chi connectivity index (χ4v) is 0.196. The first-order valence-electron chi connectivity index (χ1n) is 1.43. The molecule has 1 aliphatic rings. The first kappa shape index (κ1) is 6.01. The summed E-state index contributed by atoms with van der Waals surface area (Å²) in [5.74, 6) is 0. The van der Waals surface area contributed by atoms with E-state index in [4.69, 9.17) is 0 Å².